The maximum atomic E-state index is 5.11. The van der Waals surface area contributed by atoms with E-state index in [9.17, 15) is 0 Å². The van der Waals surface area contributed by atoms with Gasteiger partial charge in [0.1, 0.15) is 11.6 Å². The second-order valence-electron chi connectivity index (χ2n) is 17.3. The third kappa shape index (κ3) is 9.46. The van der Waals surface area contributed by atoms with E-state index >= 15 is 0 Å². The standard InChI is InChI=1S/C20H38N2.C19H36N2/c1-10-13-14-19(7,8)15-16(20(9,11-2)12-3)22-17(21-15)18(4,5)6;1-10-13-18(7,8)14-15(19(9,11-2)12-3)21-16(20-14)17(4,5)6/h10-14H2,1-9H3,(H,21,22);10-13H2,1-9H3,(H,20,21). The third-order valence-electron chi connectivity index (χ3n) is 10.5. The second-order valence-corrected chi connectivity index (χ2v) is 17.3. The van der Waals surface area contributed by atoms with Crippen LogP contribution in [0.5, 0.6) is 0 Å². The fourth-order valence-corrected chi connectivity index (χ4v) is 6.00. The van der Waals surface area contributed by atoms with Gasteiger partial charge in [-0.2, -0.15) is 0 Å². The summed E-state index contributed by atoms with van der Waals surface area (Å²) in [5.41, 5.74) is 6.13. The number of imidazole rings is 2. The minimum atomic E-state index is 0.0657. The third-order valence-corrected chi connectivity index (χ3v) is 10.5. The van der Waals surface area contributed by atoms with Crippen LogP contribution in [0.15, 0.2) is 0 Å². The lowest BCUT2D eigenvalue weighted by Gasteiger charge is -2.31. The average molecular weight is 599 g/mol. The Morgan fingerprint density at radius 1 is 0.465 bits per heavy atom. The molecule has 0 aliphatic rings. The lowest BCUT2D eigenvalue weighted by molar-refractivity contribution is 0.391. The SMILES string of the molecule is CCCC(C)(C)c1nc(C(C)(C)C)[nH]c1C(C)(CC)CC.CCCCC(C)(C)c1nc(C(C)(C)C)[nH]c1C(C)(CC)CC. The fourth-order valence-electron chi connectivity index (χ4n) is 6.00. The molecule has 2 rings (SSSR count). The van der Waals surface area contributed by atoms with E-state index in [-0.39, 0.29) is 32.5 Å². The predicted octanol–water partition coefficient (Wildman–Crippen LogP) is 12.1. The van der Waals surface area contributed by atoms with E-state index in [0.717, 1.165) is 37.3 Å². The van der Waals surface area contributed by atoms with Crippen molar-refractivity contribution in [1.29, 1.82) is 0 Å². The number of aromatic nitrogens is 4. The van der Waals surface area contributed by atoms with Crippen molar-refractivity contribution < 1.29 is 0 Å². The topological polar surface area (TPSA) is 57.4 Å². The fraction of sp³-hybridized carbons (Fsp3) is 0.846. The molecule has 0 saturated carbocycles. The molecule has 2 N–H and O–H groups in total. The van der Waals surface area contributed by atoms with Gasteiger partial charge in [-0.3, -0.25) is 0 Å². The van der Waals surface area contributed by atoms with Crippen LogP contribution in [-0.4, -0.2) is 19.9 Å². The molecule has 0 aromatic carbocycles. The monoisotopic (exact) mass is 599 g/mol. The van der Waals surface area contributed by atoms with Gasteiger partial charge >= 0.3 is 0 Å². The highest BCUT2D eigenvalue weighted by Crippen LogP contribution is 2.42. The molecule has 0 amide bonds. The second kappa shape index (κ2) is 14.7. The van der Waals surface area contributed by atoms with E-state index < -0.39 is 0 Å². The van der Waals surface area contributed by atoms with Gasteiger partial charge in [0.05, 0.1) is 11.4 Å². The molecule has 43 heavy (non-hydrogen) atoms. The number of hydrogen-bond donors (Lipinski definition) is 2. The molecule has 4 heteroatoms. The minimum Gasteiger partial charge on any atom is -0.345 e. The van der Waals surface area contributed by atoms with Crippen LogP contribution >= 0.6 is 0 Å². The van der Waals surface area contributed by atoms with Crippen molar-refractivity contribution in [2.24, 2.45) is 0 Å². The summed E-state index contributed by atoms with van der Waals surface area (Å²) in [6.45, 7) is 41.3. The van der Waals surface area contributed by atoms with Gasteiger partial charge in [0.15, 0.2) is 0 Å². The van der Waals surface area contributed by atoms with Crippen LogP contribution in [0.1, 0.15) is 217 Å². The van der Waals surface area contributed by atoms with Crippen molar-refractivity contribution in [3.63, 3.8) is 0 Å². The highest BCUT2D eigenvalue weighted by atomic mass is 15.0. The number of unbranched alkanes of at least 4 members (excludes halogenated alkanes) is 1. The normalized spacial score (nSPS) is 13.7. The van der Waals surface area contributed by atoms with Crippen molar-refractivity contribution in [2.75, 3.05) is 0 Å². The van der Waals surface area contributed by atoms with Crippen molar-refractivity contribution in [3.05, 3.63) is 34.4 Å². The van der Waals surface area contributed by atoms with Crippen molar-refractivity contribution in [3.8, 4) is 0 Å². The molecule has 0 aliphatic carbocycles. The summed E-state index contributed by atoms with van der Waals surface area (Å²) in [5, 5.41) is 0. The van der Waals surface area contributed by atoms with Gasteiger partial charge in [-0.15, -0.1) is 0 Å². The molecule has 2 aromatic rings. The molecular weight excluding hydrogens is 524 g/mol. The number of hydrogen-bond acceptors (Lipinski definition) is 2. The minimum absolute atomic E-state index is 0.0657. The number of nitrogens with one attached hydrogen (secondary N) is 2. The summed E-state index contributed by atoms with van der Waals surface area (Å²) in [4.78, 5) is 17.6. The lowest BCUT2D eigenvalue weighted by Crippen LogP contribution is -2.28. The van der Waals surface area contributed by atoms with Crippen LogP contribution in [0.4, 0.5) is 0 Å². The molecule has 4 nitrogen and oxygen atoms in total. The Kier molecular flexibility index (Phi) is 13.5. The van der Waals surface area contributed by atoms with E-state index in [1.54, 1.807) is 0 Å². The Morgan fingerprint density at radius 2 is 0.791 bits per heavy atom. The van der Waals surface area contributed by atoms with E-state index in [2.05, 4.69) is 135 Å². The molecule has 250 valence electrons. The largest absolute Gasteiger partial charge is 0.345 e. The molecule has 0 radical (unpaired) electrons. The van der Waals surface area contributed by atoms with E-state index in [1.807, 2.05) is 0 Å². The van der Waals surface area contributed by atoms with Gasteiger partial charge < -0.3 is 9.97 Å². The molecule has 2 heterocycles. The van der Waals surface area contributed by atoms with E-state index in [1.165, 1.54) is 54.9 Å². The Labute approximate surface area is 268 Å². The predicted molar refractivity (Wildman–Crippen MR) is 191 cm³/mol. The Balaban J connectivity index is 0.000000430. The van der Waals surface area contributed by atoms with Gasteiger partial charge in [0.25, 0.3) is 0 Å². The number of H-pyrrole nitrogens is 2. The zero-order valence-corrected chi connectivity index (χ0v) is 32.3. The first kappa shape index (κ1) is 39.4. The average Bonchev–Trinajstić information content (AvgIpc) is 3.59. The van der Waals surface area contributed by atoms with Gasteiger partial charge in [0, 0.05) is 43.9 Å². The maximum absolute atomic E-state index is 5.11. The molecule has 0 fully saturated rings. The quantitative estimate of drug-likeness (QED) is 0.241. The number of rotatable bonds is 13. The molecule has 0 saturated heterocycles. The number of nitrogens with zero attached hydrogens (tertiary/aromatic N) is 2. The van der Waals surface area contributed by atoms with Crippen LogP contribution in [0.3, 0.4) is 0 Å². The number of aromatic amines is 2. The smallest absolute Gasteiger partial charge is 0.112 e. The Hall–Kier alpha value is -1.58. The van der Waals surface area contributed by atoms with Crippen molar-refractivity contribution in [1.82, 2.24) is 19.9 Å². The van der Waals surface area contributed by atoms with Crippen LogP contribution in [0.2, 0.25) is 0 Å². The molecule has 0 bridgehead atoms. The van der Waals surface area contributed by atoms with Gasteiger partial charge in [0.2, 0.25) is 0 Å². The molecule has 0 atom stereocenters. The summed E-state index contributed by atoms with van der Waals surface area (Å²) in [7, 11) is 0. The van der Waals surface area contributed by atoms with Crippen LogP contribution < -0.4 is 0 Å². The van der Waals surface area contributed by atoms with E-state index in [0.29, 0.717) is 0 Å². The van der Waals surface area contributed by atoms with Crippen molar-refractivity contribution in [2.45, 2.75) is 215 Å². The van der Waals surface area contributed by atoms with Gasteiger partial charge in [-0.25, -0.2) is 9.97 Å². The first-order chi connectivity index (χ1) is 19.5. The van der Waals surface area contributed by atoms with Crippen LogP contribution in [0, 0.1) is 0 Å². The first-order valence-corrected chi connectivity index (χ1v) is 17.8. The highest BCUT2D eigenvalue weighted by Gasteiger charge is 2.38. The maximum Gasteiger partial charge on any atom is 0.112 e. The summed E-state index contributed by atoms with van der Waals surface area (Å²) >= 11 is 0. The molecule has 2 aromatic heterocycles. The molecule has 0 spiro atoms. The Morgan fingerprint density at radius 3 is 1.05 bits per heavy atom. The van der Waals surface area contributed by atoms with Gasteiger partial charge in [-0.05, 0) is 38.5 Å². The van der Waals surface area contributed by atoms with Crippen LogP contribution in [-0.2, 0) is 32.5 Å². The summed E-state index contributed by atoms with van der Waals surface area (Å²) < 4.78 is 0. The lowest BCUT2D eigenvalue weighted by atomic mass is 9.74. The first-order valence-electron chi connectivity index (χ1n) is 17.8. The van der Waals surface area contributed by atoms with Gasteiger partial charge in [-0.1, -0.05) is 144 Å². The van der Waals surface area contributed by atoms with Crippen molar-refractivity contribution >= 4 is 0 Å². The van der Waals surface area contributed by atoms with Crippen LogP contribution in [0.25, 0.3) is 0 Å². The zero-order valence-electron chi connectivity index (χ0n) is 32.3. The molecule has 0 aliphatic heterocycles. The van der Waals surface area contributed by atoms with E-state index in [4.69, 9.17) is 9.97 Å². The summed E-state index contributed by atoms with van der Waals surface area (Å²) in [6.07, 6.45) is 10.7. The zero-order chi connectivity index (χ0) is 33.7. The Bertz CT molecular complexity index is 1110. The highest BCUT2D eigenvalue weighted by molar-refractivity contribution is 5.32. The summed E-state index contributed by atoms with van der Waals surface area (Å²) in [5.74, 6) is 2.26. The molecular formula is C39H74N4. The summed E-state index contributed by atoms with van der Waals surface area (Å²) in [6, 6.07) is 0. The molecule has 0 unspecified atom stereocenters.